The second-order valence-corrected chi connectivity index (χ2v) is 11.6. The molecule has 0 aromatic heterocycles. The van der Waals surface area contributed by atoms with E-state index in [0.29, 0.717) is 30.0 Å². The summed E-state index contributed by atoms with van der Waals surface area (Å²) in [6, 6.07) is 20.4. The predicted molar refractivity (Wildman–Crippen MR) is 156 cm³/mol. The molecule has 1 saturated heterocycles. The number of thioether (sulfide) groups is 1. The van der Waals surface area contributed by atoms with Gasteiger partial charge in [-0.05, 0) is 87.2 Å². The van der Waals surface area contributed by atoms with Crippen LogP contribution in [-0.4, -0.2) is 52.8 Å². The predicted octanol–water partition coefficient (Wildman–Crippen LogP) is 6.44. The van der Waals surface area contributed by atoms with Crippen LogP contribution < -0.4 is 9.47 Å². The van der Waals surface area contributed by atoms with Gasteiger partial charge in [-0.25, -0.2) is 9.59 Å². The number of carbonyl (C=O) groups is 3. The molecule has 0 bridgehead atoms. The molecule has 1 aliphatic rings. The summed E-state index contributed by atoms with van der Waals surface area (Å²) in [6.45, 7) is 7.46. The van der Waals surface area contributed by atoms with Crippen molar-refractivity contribution in [2.24, 2.45) is 11.8 Å². The van der Waals surface area contributed by atoms with Crippen LogP contribution in [-0.2, 0) is 11.2 Å². The summed E-state index contributed by atoms with van der Waals surface area (Å²) in [4.78, 5) is 41.1. The van der Waals surface area contributed by atoms with E-state index in [0.717, 1.165) is 21.6 Å². The van der Waals surface area contributed by atoms with Gasteiger partial charge in [0.2, 0.25) is 0 Å². The molecule has 1 fully saturated rings. The van der Waals surface area contributed by atoms with Gasteiger partial charge in [-0.1, -0.05) is 42.5 Å². The van der Waals surface area contributed by atoms with Crippen molar-refractivity contribution in [3.8, 4) is 11.5 Å². The van der Waals surface area contributed by atoms with E-state index in [1.165, 1.54) is 13.8 Å². The van der Waals surface area contributed by atoms with Crippen molar-refractivity contribution in [3.63, 3.8) is 0 Å². The molecular formula is C32H35NO6S. The SMILES string of the molecule is CSc1ccc(C(=O)[C@H]2CN(C(=O)Oc3ccccc3)C[C@@H]2Cc2cc(C)c(OC(C)(C)C(=O)O)c(C)c2)cc1. The van der Waals surface area contributed by atoms with Gasteiger partial charge in [0.1, 0.15) is 11.5 Å². The molecule has 8 heteroatoms. The van der Waals surface area contributed by atoms with E-state index in [9.17, 15) is 19.5 Å². The van der Waals surface area contributed by atoms with Crippen LogP contribution in [0.4, 0.5) is 4.79 Å². The van der Waals surface area contributed by atoms with Crippen LogP contribution in [0.1, 0.15) is 40.9 Å². The van der Waals surface area contributed by atoms with E-state index in [4.69, 9.17) is 9.47 Å². The first-order chi connectivity index (χ1) is 19.0. The number of nitrogens with zero attached hydrogens (tertiary/aromatic N) is 1. The number of amides is 1. The Kier molecular flexibility index (Phi) is 8.88. The number of aliphatic carboxylic acids is 1. The number of Topliss-reactive ketones (excluding diaryl/α,β-unsaturated/α-hetero) is 1. The highest BCUT2D eigenvalue weighted by Crippen LogP contribution is 2.34. The molecule has 0 aliphatic carbocycles. The quantitative estimate of drug-likeness (QED) is 0.237. The lowest BCUT2D eigenvalue weighted by Gasteiger charge is -2.25. The Morgan fingerprint density at radius 3 is 2.17 bits per heavy atom. The summed E-state index contributed by atoms with van der Waals surface area (Å²) in [5.74, 6) is -0.572. The highest BCUT2D eigenvalue weighted by Gasteiger charge is 2.40. The molecule has 1 amide bonds. The topological polar surface area (TPSA) is 93.1 Å². The molecule has 0 unspecified atom stereocenters. The van der Waals surface area contributed by atoms with Crippen molar-refractivity contribution in [1.82, 2.24) is 4.90 Å². The Morgan fingerprint density at radius 2 is 1.60 bits per heavy atom. The van der Waals surface area contributed by atoms with E-state index >= 15 is 0 Å². The molecular weight excluding hydrogens is 526 g/mol. The largest absolute Gasteiger partial charge is 0.478 e. The van der Waals surface area contributed by atoms with Crippen LogP contribution in [0.3, 0.4) is 0 Å². The molecule has 1 aliphatic heterocycles. The Balaban J connectivity index is 1.59. The zero-order chi connectivity index (χ0) is 29.0. The number of rotatable bonds is 9. The molecule has 0 spiro atoms. The fraction of sp³-hybridized carbons (Fsp3) is 0.344. The number of likely N-dealkylation sites (tertiary alicyclic amines) is 1. The van der Waals surface area contributed by atoms with Crippen molar-refractivity contribution in [3.05, 3.63) is 89.0 Å². The Hall–Kier alpha value is -3.78. The first-order valence-corrected chi connectivity index (χ1v) is 14.4. The molecule has 1 heterocycles. The third-order valence-electron chi connectivity index (χ3n) is 7.25. The maximum Gasteiger partial charge on any atom is 0.415 e. The van der Waals surface area contributed by atoms with E-state index in [2.05, 4.69) is 0 Å². The van der Waals surface area contributed by atoms with Gasteiger partial charge < -0.3 is 19.5 Å². The summed E-state index contributed by atoms with van der Waals surface area (Å²) < 4.78 is 11.5. The Labute approximate surface area is 239 Å². The molecule has 210 valence electrons. The van der Waals surface area contributed by atoms with Gasteiger partial charge in [0.15, 0.2) is 11.4 Å². The van der Waals surface area contributed by atoms with E-state index < -0.39 is 23.6 Å². The summed E-state index contributed by atoms with van der Waals surface area (Å²) in [5, 5.41) is 9.50. The number of ether oxygens (including phenoxy) is 2. The van der Waals surface area contributed by atoms with Crippen molar-refractivity contribution in [1.29, 1.82) is 0 Å². The normalized spacial score (nSPS) is 17.0. The van der Waals surface area contributed by atoms with Gasteiger partial charge in [-0.2, -0.15) is 0 Å². The number of aryl methyl sites for hydroxylation is 2. The monoisotopic (exact) mass is 561 g/mol. The number of carboxylic acid groups (broad SMARTS) is 1. The maximum absolute atomic E-state index is 13.7. The molecule has 3 aromatic rings. The van der Waals surface area contributed by atoms with Crippen LogP contribution in [0.5, 0.6) is 11.5 Å². The second-order valence-electron chi connectivity index (χ2n) is 10.7. The number of carbonyl (C=O) groups excluding carboxylic acids is 2. The number of benzene rings is 3. The highest BCUT2D eigenvalue weighted by molar-refractivity contribution is 7.98. The lowest BCUT2D eigenvalue weighted by molar-refractivity contribution is -0.152. The standard InChI is InChI=1S/C32H35NO6S/c1-20-15-22(16-21(2)29(20)39-32(3,4)30(35)36)17-24-18-33(31(37)38-25-9-7-6-8-10-25)19-27(24)28(34)23-11-13-26(40-5)14-12-23/h6-16,24,27H,17-19H2,1-5H3,(H,35,36)/t24-,27-/m0/s1. The van der Waals surface area contributed by atoms with Crippen LogP contribution in [0, 0.1) is 25.7 Å². The van der Waals surface area contributed by atoms with Gasteiger partial charge in [-0.3, -0.25) is 4.79 Å². The summed E-state index contributed by atoms with van der Waals surface area (Å²) in [7, 11) is 0. The third-order valence-corrected chi connectivity index (χ3v) is 7.99. The summed E-state index contributed by atoms with van der Waals surface area (Å²) >= 11 is 1.61. The second kappa shape index (κ2) is 12.2. The van der Waals surface area contributed by atoms with Crippen LogP contribution in [0.15, 0.2) is 71.6 Å². The average molecular weight is 562 g/mol. The van der Waals surface area contributed by atoms with Gasteiger partial charge in [-0.15, -0.1) is 11.8 Å². The number of carboxylic acids is 1. The van der Waals surface area contributed by atoms with Crippen molar-refractivity contribution >= 4 is 29.6 Å². The fourth-order valence-electron chi connectivity index (χ4n) is 5.07. The average Bonchev–Trinajstić information content (AvgIpc) is 3.34. The molecule has 0 radical (unpaired) electrons. The molecule has 3 aromatic carbocycles. The molecule has 0 saturated carbocycles. The smallest absolute Gasteiger partial charge is 0.415 e. The minimum Gasteiger partial charge on any atom is -0.478 e. The third kappa shape index (κ3) is 6.67. The van der Waals surface area contributed by atoms with E-state index in [-0.39, 0.29) is 18.2 Å². The lowest BCUT2D eigenvalue weighted by atomic mass is 9.84. The maximum atomic E-state index is 13.7. The molecule has 7 nitrogen and oxygen atoms in total. The zero-order valence-corrected chi connectivity index (χ0v) is 24.3. The molecule has 2 atom stereocenters. The van der Waals surface area contributed by atoms with Crippen LogP contribution in [0.25, 0.3) is 0 Å². The number of ketones is 1. The molecule has 40 heavy (non-hydrogen) atoms. The van der Waals surface area contributed by atoms with Crippen LogP contribution >= 0.6 is 11.8 Å². The minimum absolute atomic E-state index is 0.00395. The number of para-hydroxylation sites is 1. The first kappa shape index (κ1) is 29.2. The zero-order valence-electron chi connectivity index (χ0n) is 23.5. The van der Waals surface area contributed by atoms with Gasteiger partial charge >= 0.3 is 12.1 Å². The number of hydrogen-bond acceptors (Lipinski definition) is 6. The molecule has 1 N–H and O–H groups in total. The Bertz CT molecular complexity index is 1360. The van der Waals surface area contributed by atoms with Gasteiger partial charge in [0.25, 0.3) is 0 Å². The minimum atomic E-state index is -1.37. The van der Waals surface area contributed by atoms with Crippen molar-refractivity contribution in [2.75, 3.05) is 19.3 Å². The van der Waals surface area contributed by atoms with E-state index in [1.54, 1.807) is 40.9 Å². The first-order valence-electron chi connectivity index (χ1n) is 13.2. The van der Waals surface area contributed by atoms with Gasteiger partial charge in [0.05, 0.1) is 0 Å². The molecule has 4 rings (SSSR count). The van der Waals surface area contributed by atoms with Crippen molar-refractivity contribution in [2.45, 2.75) is 44.6 Å². The van der Waals surface area contributed by atoms with Gasteiger partial charge in [0, 0.05) is 29.5 Å². The number of hydrogen-bond donors (Lipinski definition) is 1. The summed E-state index contributed by atoms with van der Waals surface area (Å²) in [6.07, 6.45) is 2.08. The lowest BCUT2D eigenvalue weighted by Crippen LogP contribution is -2.38. The van der Waals surface area contributed by atoms with Crippen LogP contribution in [0.2, 0.25) is 0 Å². The summed E-state index contributed by atoms with van der Waals surface area (Å²) in [5.41, 5.74) is 1.88. The highest BCUT2D eigenvalue weighted by atomic mass is 32.2. The van der Waals surface area contributed by atoms with Crippen molar-refractivity contribution < 1.29 is 29.0 Å². The van der Waals surface area contributed by atoms with E-state index in [1.807, 2.05) is 62.6 Å². The Morgan fingerprint density at radius 1 is 0.975 bits per heavy atom. The fourth-order valence-corrected chi connectivity index (χ4v) is 5.48.